The molecule has 2 aromatic carbocycles. The highest BCUT2D eigenvalue weighted by Crippen LogP contribution is 2.43. The van der Waals surface area contributed by atoms with Crippen molar-refractivity contribution in [3.63, 3.8) is 0 Å². The summed E-state index contributed by atoms with van der Waals surface area (Å²) >= 11 is 6.32. The molecular weight excluding hydrogens is 434 g/mol. The Morgan fingerprint density at radius 3 is 2.53 bits per heavy atom. The summed E-state index contributed by atoms with van der Waals surface area (Å²) in [6.07, 6.45) is -0.134. The van der Waals surface area contributed by atoms with E-state index < -0.39 is 17.7 Å². The largest absolute Gasteiger partial charge is 0.507 e. The predicted molar refractivity (Wildman–Crippen MR) is 121 cm³/mol. The first-order valence-corrected chi connectivity index (χ1v) is 10.5. The third kappa shape index (κ3) is 4.59. The molecule has 170 valence electrons. The number of carbonyl (C=O) groups excluding carboxylic acids is 2. The van der Waals surface area contributed by atoms with E-state index in [9.17, 15) is 14.7 Å². The third-order valence-electron chi connectivity index (χ3n) is 5.08. The molecule has 0 aliphatic carbocycles. The van der Waals surface area contributed by atoms with Gasteiger partial charge >= 0.3 is 0 Å². The predicted octanol–water partition coefficient (Wildman–Crippen LogP) is 4.20. The van der Waals surface area contributed by atoms with Gasteiger partial charge in [0.25, 0.3) is 11.7 Å². The van der Waals surface area contributed by atoms with Gasteiger partial charge in [0.2, 0.25) is 0 Å². The molecule has 1 unspecified atom stereocenters. The average Bonchev–Trinajstić information content (AvgIpc) is 3.02. The van der Waals surface area contributed by atoms with Crippen LogP contribution in [0.3, 0.4) is 0 Å². The van der Waals surface area contributed by atoms with E-state index in [-0.39, 0.29) is 41.2 Å². The number of aliphatic hydroxyl groups is 1. The zero-order valence-corrected chi connectivity index (χ0v) is 19.2. The highest BCUT2D eigenvalue weighted by Gasteiger charge is 2.47. The molecule has 0 bridgehead atoms. The van der Waals surface area contributed by atoms with Crippen LogP contribution in [0.5, 0.6) is 11.5 Å². The van der Waals surface area contributed by atoms with Gasteiger partial charge < -0.3 is 24.2 Å². The van der Waals surface area contributed by atoms with Crippen LogP contribution in [0.25, 0.3) is 5.76 Å². The Labute approximate surface area is 192 Å². The summed E-state index contributed by atoms with van der Waals surface area (Å²) < 4.78 is 16.3. The number of benzene rings is 2. The highest BCUT2D eigenvalue weighted by molar-refractivity contribution is 6.47. The Kier molecular flexibility index (Phi) is 7.43. The molecule has 1 aliphatic rings. The van der Waals surface area contributed by atoms with E-state index in [2.05, 4.69) is 0 Å². The summed E-state index contributed by atoms with van der Waals surface area (Å²) in [4.78, 5) is 27.5. The number of hydrogen-bond donors (Lipinski definition) is 1. The maximum Gasteiger partial charge on any atom is 0.295 e. The average molecular weight is 460 g/mol. The van der Waals surface area contributed by atoms with E-state index >= 15 is 0 Å². The van der Waals surface area contributed by atoms with Crippen LogP contribution in [0, 0.1) is 0 Å². The van der Waals surface area contributed by atoms with Gasteiger partial charge in [-0.3, -0.25) is 9.59 Å². The Hall–Kier alpha value is -3.03. The Bertz CT molecular complexity index is 1050. The molecule has 1 N–H and O–H groups in total. The van der Waals surface area contributed by atoms with Crippen LogP contribution in [0.1, 0.15) is 31.0 Å². The van der Waals surface area contributed by atoms with Crippen molar-refractivity contribution < 1.29 is 28.9 Å². The molecule has 0 radical (unpaired) electrons. The van der Waals surface area contributed by atoms with E-state index in [1.165, 1.54) is 25.2 Å². The number of methoxy groups -OCH3 is 2. The number of para-hydroxylation sites is 1. The summed E-state index contributed by atoms with van der Waals surface area (Å²) in [6.45, 7) is 4.14. The van der Waals surface area contributed by atoms with Gasteiger partial charge in [0, 0.05) is 24.8 Å². The Morgan fingerprint density at radius 2 is 1.88 bits per heavy atom. The first kappa shape index (κ1) is 23.6. The molecule has 7 nitrogen and oxygen atoms in total. The molecule has 1 heterocycles. The molecule has 8 heteroatoms. The summed E-state index contributed by atoms with van der Waals surface area (Å²) in [5.41, 5.74) is 0.709. The van der Waals surface area contributed by atoms with E-state index in [1.807, 2.05) is 19.9 Å². The molecule has 1 atom stereocenters. The minimum atomic E-state index is -0.873. The minimum Gasteiger partial charge on any atom is -0.507 e. The molecule has 1 fully saturated rings. The topological polar surface area (TPSA) is 85.3 Å². The first-order valence-electron chi connectivity index (χ1n) is 10.2. The summed E-state index contributed by atoms with van der Waals surface area (Å²) in [7, 11) is 2.99. The van der Waals surface area contributed by atoms with Crippen LogP contribution in [0.2, 0.25) is 5.02 Å². The zero-order chi connectivity index (χ0) is 23.4. The van der Waals surface area contributed by atoms with E-state index in [0.717, 1.165) is 0 Å². The number of ketones is 1. The lowest BCUT2D eigenvalue weighted by Crippen LogP contribution is -2.33. The Balaban J connectivity index is 2.25. The second-order valence-electron chi connectivity index (χ2n) is 7.54. The lowest BCUT2D eigenvalue weighted by Gasteiger charge is -2.27. The lowest BCUT2D eigenvalue weighted by molar-refractivity contribution is -0.140. The number of Topliss-reactive ketones (excluding diaryl/α,β-unsaturated/α-hetero) is 1. The standard InChI is InChI=1S/C24H26ClNO6/c1-14(2)32-19-8-6-5-7-16(19)21-20(23(28)24(29)26(21)11-12-30-3)22(27)17-13-15(31-4)9-10-18(17)25/h5-10,13-14,21,27H,11-12H2,1-4H3/b22-20+. The van der Waals surface area contributed by atoms with Crippen molar-refractivity contribution in [2.45, 2.75) is 26.0 Å². The molecule has 1 amide bonds. The van der Waals surface area contributed by atoms with Gasteiger partial charge in [-0.25, -0.2) is 0 Å². The second kappa shape index (κ2) is 10.1. The van der Waals surface area contributed by atoms with Crippen LogP contribution >= 0.6 is 11.6 Å². The minimum absolute atomic E-state index is 0.0685. The number of aliphatic hydroxyl groups excluding tert-OH is 1. The first-order chi connectivity index (χ1) is 15.3. The van der Waals surface area contributed by atoms with Crippen LogP contribution in [-0.4, -0.2) is 55.2 Å². The van der Waals surface area contributed by atoms with Crippen LogP contribution in [0.15, 0.2) is 48.0 Å². The van der Waals surface area contributed by atoms with Crippen molar-refractivity contribution in [3.8, 4) is 11.5 Å². The van der Waals surface area contributed by atoms with Crippen molar-refractivity contribution in [2.75, 3.05) is 27.4 Å². The quantitative estimate of drug-likeness (QED) is 0.361. The lowest BCUT2D eigenvalue weighted by atomic mass is 9.94. The molecular formula is C24H26ClNO6. The maximum absolute atomic E-state index is 13.1. The smallest absolute Gasteiger partial charge is 0.295 e. The van der Waals surface area contributed by atoms with Crippen molar-refractivity contribution in [1.82, 2.24) is 4.90 Å². The molecule has 0 aromatic heterocycles. The van der Waals surface area contributed by atoms with Gasteiger partial charge in [-0.05, 0) is 38.1 Å². The number of nitrogens with zero attached hydrogens (tertiary/aromatic N) is 1. The molecule has 0 spiro atoms. The van der Waals surface area contributed by atoms with Gasteiger partial charge in [0.1, 0.15) is 17.3 Å². The number of amides is 1. The van der Waals surface area contributed by atoms with Crippen molar-refractivity contribution in [1.29, 1.82) is 0 Å². The molecule has 0 saturated carbocycles. The van der Waals surface area contributed by atoms with Gasteiger partial charge in [-0.2, -0.15) is 0 Å². The fourth-order valence-electron chi connectivity index (χ4n) is 3.65. The third-order valence-corrected chi connectivity index (χ3v) is 5.41. The normalized spacial score (nSPS) is 17.8. The van der Waals surface area contributed by atoms with Crippen molar-refractivity contribution >= 4 is 29.1 Å². The van der Waals surface area contributed by atoms with Gasteiger partial charge in [-0.15, -0.1) is 0 Å². The number of halogens is 1. The summed E-state index contributed by atoms with van der Waals surface area (Å²) in [6, 6.07) is 11.0. The van der Waals surface area contributed by atoms with Gasteiger partial charge in [0.05, 0.1) is 36.5 Å². The van der Waals surface area contributed by atoms with Crippen LogP contribution in [0.4, 0.5) is 0 Å². The van der Waals surface area contributed by atoms with Gasteiger partial charge in [-0.1, -0.05) is 29.8 Å². The van der Waals surface area contributed by atoms with Crippen LogP contribution < -0.4 is 9.47 Å². The van der Waals surface area contributed by atoms with Crippen molar-refractivity contribution in [2.24, 2.45) is 0 Å². The fraction of sp³-hybridized carbons (Fsp3) is 0.333. The fourth-order valence-corrected chi connectivity index (χ4v) is 3.86. The SMILES string of the molecule is COCCN1C(=O)C(=O)/C(=C(/O)c2cc(OC)ccc2Cl)C1c1ccccc1OC(C)C. The maximum atomic E-state index is 13.1. The van der Waals surface area contributed by atoms with Crippen molar-refractivity contribution in [3.05, 3.63) is 64.2 Å². The summed E-state index contributed by atoms with van der Waals surface area (Å²) in [5, 5.41) is 11.4. The van der Waals surface area contributed by atoms with E-state index in [4.69, 9.17) is 25.8 Å². The molecule has 1 saturated heterocycles. The van der Waals surface area contributed by atoms with Crippen LogP contribution in [-0.2, 0) is 14.3 Å². The molecule has 32 heavy (non-hydrogen) atoms. The highest BCUT2D eigenvalue weighted by atomic mass is 35.5. The molecule has 2 aromatic rings. The number of rotatable bonds is 8. The second-order valence-corrected chi connectivity index (χ2v) is 7.94. The van der Waals surface area contributed by atoms with Gasteiger partial charge in [0.15, 0.2) is 0 Å². The number of ether oxygens (including phenoxy) is 3. The van der Waals surface area contributed by atoms with E-state index in [1.54, 1.807) is 30.3 Å². The Morgan fingerprint density at radius 1 is 1.16 bits per heavy atom. The summed E-state index contributed by atoms with van der Waals surface area (Å²) in [5.74, 6) is -0.950. The molecule has 3 rings (SSSR count). The van der Waals surface area contributed by atoms with E-state index in [0.29, 0.717) is 17.1 Å². The number of hydrogen-bond acceptors (Lipinski definition) is 6. The zero-order valence-electron chi connectivity index (χ0n) is 18.4. The molecule has 1 aliphatic heterocycles. The monoisotopic (exact) mass is 459 g/mol. The number of carbonyl (C=O) groups is 2. The number of likely N-dealkylation sites (tertiary alicyclic amines) is 1.